The quantitative estimate of drug-likeness (QED) is 0.726. The third kappa shape index (κ3) is 6.96. The van der Waals surface area contributed by atoms with Gasteiger partial charge in [0.15, 0.2) is 0 Å². The van der Waals surface area contributed by atoms with Crippen molar-refractivity contribution in [3.8, 4) is 0 Å². The van der Waals surface area contributed by atoms with Gasteiger partial charge in [-0.2, -0.15) is 0 Å². The van der Waals surface area contributed by atoms with E-state index in [0.29, 0.717) is 18.8 Å². The van der Waals surface area contributed by atoms with Crippen molar-refractivity contribution in [3.05, 3.63) is 35.9 Å². The molecule has 0 aromatic heterocycles. The number of halogens is 1. The normalized spacial score (nSPS) is 15.8. The summed E-state index contributed by atoms with van der Waals surface area (Å²) in [6, 6.07) is 9.25. The summed E-state index contributed by atoms with van der Waals surface area (Å²) in [5, 5.41) is 6.17. The molecule has 6 heteroatoms. The highest BCUT2D eigenvalue weighted by molar-refractivity contribution is 5.88. The largest absolute Gasteiger partial charge is 0.344 e. The monoisotopic (exact) mass is 381 g/mol. The summed E-state index contributed by atoms with van der Waals surface area (Å²) in [5.74, 6) is 0.639. The zero-order chi connectivity index (χ0) is 18.1. The number of likely N-dealkylation sites (tertiary alicyclic amines) is 1. The molecule has 5 nitrogen and oxygen atoms in total. The predicted molar refractivity (Wildman–Crippen MR) is 107 cm³/mol. The molecule has 1 aliphatic heterocycles. The van der Waals surface area contributed by atoms with Gasteiger partial charge in [-0.1, -0.05) is 43.7 Å². The molecular weight excluding hydrogens is 350 g/mol. The van der Waals surface area contributed by atoms with Gasteiger partial charge in [0.1, 0.15) is 6.04 Å². The Kier molecular flexibility index (Phi) is 10.3. The van der Waals surface area contributed by atoms with E-state index in [9.17, 15) is 9.59 Å². The van der Waals surface area contributed by atoms with Gasteiger partial charge in [-0.25, -0.2) is 0 Å². The molecule has 1 saturated heterocycles. The van der Waals surface area contributed by atoms with Crippen LogP contribution in [0, 0.1) is 5.92 Å². The molecule has 0 aliphatic carbocycles. The van der Waals surface area contributed by atoms with Crippen molar-refractivity contribution < 1.29 is 9.59 Å². The van der Waals surface area contributed by atoms with Crippen LogP contribution in [0.4, 0.5) is 0 Å². The van der Waals surface area contributed by atoms with Crippen LogP contribution in [0.1, 0.15) is 38.2 Å². The molecule has 0 bridgehead atoms. The van der Waals surface area contributed by atoms with Gasteiger partial charge in [0.2, 0.25) is 11.8 Å². The van der Waals surface area contributed by atoms with Crippen LogP contribution in [-0.4, -0.2) is 49.4 Å². The molecule has 1 aliphatic rings. The average Bonchev–Trinajstić information content (AvgIpc) is 2.62. The van der Waals surface area contributed by atoms with Gasteiger partial charge in [0, 0.05) is 13.1 Å². The molecule has 0 radical (unpaired) electrons. The number of nitrogens with zero attached hydrogens (tertiary/aromatic N) is 1. The fourth-order valence-corrected chi connectivity index (χ4v) is 3.44. The Morgan fingerprint density at radius 2 is 1.85 bits per heavy atom. The molecule has 146 valence electrons. The van der Waals surface area contributed by atoms with Gasteiger partial charge >= 0.3 is 0 Å². The van der Waals surface area contributed by atoms with Crippen LogP contribution in [0.3, 0.4) is 0 Å². The lowest BCUT2D eigenvalue weighted by Crippen LogP contribution is -2.51. The Labute approximate surface area is 163 Å². The standard InChI is InChI=1S/C20H31N3O2.ClH/c1-3-7-18(22-19(24)14-16-8-5-4-6-9-16)20(25)23-12-10-17(11-13-23)15-21-2;/h4-6,8-9,17-18,21H,3,7,10-15H2,1-2H3,(H,22,24);1H. The lowest BCUT2D eigenvalue weighted by Gasteiger charge is -2.34. The minimum atomic E-state index is -0.401. The first kappa shape index (κ1) is 22.5. The van der Waals surface area contributed by atoms with Crippen molar-refractivity contribution in [1.82, 2.24) is 15.5 Å². The molecule has 1 aromatic carbocycles. The molecule has 26 heavy (non-hydrogen) atoms. The molecular formula is C20H32ClN3O2. The number of piperidine rings is 1. The number of benzene rings is 1. The second-order valence-electron chi connectivity index (χ2n) is 6.90. The number of nitrogens with one attached hydrogen (secondary N) is 2. The summed E-state index contributed by atoms with van der Waals surface area (Å²) in [6.45, 7) is 4.64. The molecule has 1 atom stereocenters. The van der Waals surface area contributed by atoms with E-state index in [-0.39, 0.29) is 24.2 Å². The number of hydrogen-bond acceptors (Lipinski definition) is 3. The summed E-state index contributed by atoms with van der Waals surface area (Å²) in [4.78, 5) is 27.1. The van der Waals surface area contributed by atoms with Gasteiger partial charge in [0.05, 0.1) is 6.42 Å². The molecule has 2 rings (SSSR count). The van der Waals surface area contributed by atoms with E-state index in [0.717, 1.165) is 44.5 Å². The van der Waals surface area contributed by atoms with Gasteiger partial charge < -0.3 is 15.5 Å². The van der Waals surface area contributed by atoms with E-state index in [1.165, 1.54) is 0 Å². The molecule has 1 fully saturated rings. The Bertz CT molecular complexity index is 545. The molecule has 0 spiro atoms. The second-order valence-corrected chi connectivity index (χ2v) is 6.90. The van der Waals surface area contributed by atoms with Gasteiger partial charge in [-0.05, 0) is 44.3 Å². The highest BCUT2D eigenvalue weighted by Gasteiger charge is 2.28. The van der Waals surface area contributed by atoms with Crippen molar-refractivity contribution in [2.24, 2.45) is 5.92 Å². The highest BCUT2D eigenvalue weighted by Crippen LogP contribution is 2.18. The van der Waals surface area contributed by atoms with E-state index in [1.54, 1.807) is 0 Å². The molecule has 1 unspecified atom stereocenters. The fourth-order valence-electron chi connectivity index (χ4n) is 3.44. The maximum absolute atomic E-state index is 12.8. The zero-order valence-corrected chi connectivity index (χ0v) is 16.7. The SMILES string of the molecule is CCCC(NC(=O)Cc1ccccc1)C(=O)N1CCC(CNC)CC1.Cl. The van der Waals surface area contributed by atoms with Crippen LogP contribution < -0.4 is 10.6 Å². The minimum absolute atomic E-state index is 0. The number of carbonyl (C=O) groups excluding carboxylic acids is 2. The topological polar surface area (TPSA) is 61.4 Å². The summed E-state index contributed by atoms with van der Waals surface area (Å²) >= 11 is 0. The molecule has 1 heterocycles. The van der Waals surface area contributed by atoms with E-state index >= 15 is 0 Å². The first-order valence-electron chi connectivity index (χ1n) is 9.40. The maximum Gasteiger partial charge on any atom is 0.245 e. The van der Waals surface area contributed by atoms with E-state index in [4.69, 9.17) is 0 Å². The van der Waals surface area contributed by atoms with E-state index in [2.05, 4.69) is 10.6 Å². The van der Waals surface area contributed by atoms with Crippen LogP contribution in [0.15, 0.2) is 30.3 Å². The van der Waals surface area contributed by atoms with Crippen LogP contribution in [0.25, 0.3) is 0 Å². The molecule has 2 N–H and O–H groups in total. The Balaban J connectivity index is 0.00000338. The summed E-state index contributed by atoms with van der Waals surface area (Å²) in [5.41, 5.74) is 0.968. The third-order valence-electron chi connectivity index (χ3n) is 4.84. The van der Waals surface area contributed by atoms with Crippen molar-refractivity contribution in [1.29, 1.82) is 0 Å². The Morgan fingerprint density at radius 1 is 1.19 bits per heavy atom. The first-order valence-corrected chi connectivity index (χ1v) is 9.40. The van der Waals surface area contributed by atoms with E-state index in [1.807, 2.05) is 49.2 Å². The van der Waals surface area contributed by atoms with Gasteiger partial charge in [-0.3, -0.25) is 9.59 Å². The smallest absolute Gasteiger partial charge is 0.245 e. The molecule has 2 amide bonds. The predicted octanol–water partition coefficient (Wildman–Crippen LogP) is 2.39. The van der Waals surface area contributed by atoms with Crippen LogP contribution in [-0.2, 0) is 16.0 Å². The second kappa shape index (κ2) is 11.9. The number of carbonyl (C=O) groups is 2. The maximum atomic E-state index is 12.8. The van der Waals surface area contributed by atoms with Crippen molar-refractivity contribution in [2.75, 3.05) is 26.7 Å². The summed E-state index contributed by atoms with van der Waals surface area (Å²) in [7, 11) is 1.97. The van der Waals surface area contributed by atoms with E-state index < -0.39 is 6.04 Å². The summed E-state index contributed by atoms with van der Waals surface area (Å²) in [6.07, 6.45) is 3.94. The number of rotatable bonds is 8. The number of hydrogen-bond donors (Lipinski definition) is 2. The Morgan fingerprint density at radius 3 is 2.42 bits per heavy atom. The minimum Gasteiger partial charge on any atom is -0.344 e. The number of amides is 2. The lowest BCUT2D eigenvalue weighted by molar-refractivity contribution is -0.137. The van der Waals surface area contributed by atoms with Crippen LogP contribution >= 0.6 is 12.4 Å². The van der Waals surface area contributed by atoms with Crippen molar-refractivity contribution in [2.45, 2.75) is 45.1 Å². The lowest BCUT2D eigenvalue weighted by atomic mass is 9.96. The Hall–Kier alpha value is -1.59. The first-order chi connectivity index (χ1) is 12.1. The molecule has 1 aromatic rings. The van der Waals surface area contributed by atoms with Crippen LogP contribution in [0.5, 0.6) is 0 Å². The van der Waals surface area contributed by atoms with Crippen molar-refractivity contribution in [3.63, 3.8) is 0 Å². The van der Waals surface area contributed by atoms with Crippen molar-refractivity contribution >= 4 is 24.2 Å². The zero-order valence-electron chi connectivity index (χ0n) is 15.9. The average molecular weight is 382 g/mol. The highest BCUT2D eigenvalue weighted by atomic mass is 35.5. The molecule has 0 saturated carbocycles. The van der Waals surface area contributed by atoms with Crippen LogP contribution in [0.2, 0.25) is 0 Å². The van der Waals surface area contributed by atoms with Gasteiger partial charge in [-0.15, -0.1) is 12.4 Å². The van der Waals surface area contributed by atoms with Gasteiger partial charge in [0.25, 0.3) is 0 Å². The third-order valence-corrected chi connectivity index (χ3v) is 4.84. The fraction of sp³-hybridized carbons (Fsp3) is 0.600. The summed E-state index contributed by atoms with van der Waals surface area (Å²) < 4.78 is 0.